The molecular weight excluding hydrogens is 456 g/mol. The molecular formula is C28H26N4O4. The van der Waals surface area contributed by atoms with Crippen LogP contribution in [0, 0.1) is 0 Å². The Morgan fingerprint density at radius 1 is 0.861 bits per heavy atom. The summed E-state index contributed by atoms with van der Waals surface area (Å²) >= 11 is 0. The number of aromatic nitrogens is 1. The van der Waals surface area contributed by atoms with Gasteiger partial charge >= 0.3 is 0 Å². The standard InChI is InChI=1S/C28H26N4O4/c1-2-35-23-15-11-22(12-16-23)30-27(33)20-36-24-13-9-21(10-14-24)19-29-31-28(34)25-7-3-4-8-26(25)32-17-5-6-18-32/h3-19H,2,20H2,1H3,(H,30,33)(H,31,34)/b29-19-. The minimum absolute atomic E-state index is 0.127. The van der Waals surface area contributed by atoms with Crippen LogP contribution in [-0.4, -0.2) is 35.8 Å². The van der Waals surface area contributed by atoms with Gasteiger partial charge in [-0.2, -0.15) is 5.10 Å². The van der Waals surface area contributed by atoms with Crippen molar-refractivity contribution < 1.29 is 19.1 Å². The summed E-state index contributed by atoms with van der Waals surface area (Å²) in [5.74, 6) is 0.706. The second-order valence-electron chi connectivity index (χ2n) is 7.67. The van der Waals surface area contributed by atoms with Crippen molar-refractivity contribution in [1.82, 2.24) is 9.99 Å². The molecule has 8 heteroatoms. The molecule has 0 aliphatic carbocycles. The zero-order valence-corrected chi connectivity index (χ0v) is 19.8. The van der Waals surface area contributed by atoms with Gasteiger partial charge in [0.05, 0.1) is 24.1 Å². The molecule has 0 saturated heterocycles. The van der Waals surface area contributed by atoms with E-state index in [1.165, 1.54) is 0 Å². The molecule has 0 unspecified atom stereocenters. The Bertz CT molecular complexity index is 1310. The monoisotopic (exact) mass is 482 g/mol. The topological polar surface area (TPSA) is 94.0 Å². The normalized spacial score (nSPS) is 10.7. The Kier molecular flexibility index (Phi) is 8.11. The van der Waals surface area contributed by atoms with Gasteiger partial charge in [0.15, 0.2) is 6.61 Å². The first-order valence-electron chi connectivity index (χ1n) is 11.4. The van der Waals surface area contributed by atoms with Crippen molar-refractivity contribution in [3.8, 4) is 17.2 Å². The van der Waals surface area contributed by atoms with Crippen molar-refractivity contribution in [2.75, 3.05) is 18.5 Å². The molecule has 36 heavy (non-hydrogen) atoms. The highest BCUT2D eigenvalue weighted by Gasteiger charge is 2.11. The van der Waals surface area contributed by atoms with Crippen molar-refractivity contribution in [3.05, 3.63) is 108 Å². The van der Waals surface area contributed by atoms with Crippen molar-refractivity contribution in [1.29, 1.82) is 0 Å². The maximum atomic E-state index is 12.6. The van der Waals surface area contributed by atoms with Gasteiger partial charge in [0.1, 0.15) is 11.5 Å². The number of hydrogen-bond donors (Lipinski definition) is 2. The van der Waals surface area contributed by atoms with Crippen molar-refractivity contribution in [2.45, 2.75) is 6.92 Å². The van der Waals surface area contributed by atoms with Crippen LogP contribution < -0.4 is 20.2 Å². The lowest BCUT2D eigenvalue weighted by molar-refractivity contribution is -0.118. The third-order valence-electron chi connectivity index (χ3n) is 5.11. The number of nitrogens with one attached hydrogen (secondary N) is 2. The van der Waals surface area contributed by atoms with Gasteiger partial charge in [-0.15, -0.1) is 0 Å². The molecule has 0 radical (unpaired) electrons. The van der Waals surface area contributed by atoms with Crippen LogP contribution in [-0.2, 0) is 4.79 Å². The molecule has 182 valence electrons. The molecule has 3 aromatic carbocycles. The van der Waals surface area contributed by atoms with Crippen LogP contribution in [0.15, 0.2) is 102 Å². The molecule has 0 saturated carbocycles. The molecule has 4 rings (SSSR count). The third-order valence-corrected chi connectivity index (χ3v) is 5.11. The highest BCUT2D eigenvalue weighted by Crippen LogP contribution is 2.17. The van der Waals surface area contributed by atoms with Gasteiger partial charge in [-0.25, -0.2) is 5.43 Å². The predicted molar refractivity (Wildman–Crippen MR) is 139 cm³/mol. The molecule has 0 bridgehead atoms. The fourth-order valence-electron chi connectivity index (χ4n) is 3.41. The van der Waals surface area contributed by atoms with Crippen LogP contribution in [0.3, 0.4) is 0 Å². The first-order chi connectivity index (χ1) is 17.6. The first-order valence-corrected chi connectivity index (χ1v) is 11.4. The molecule has 0 aliphatic heterocycles. The van der Waals surface area contributed by atoms with Crippen LogP contribution >= 0.6 is 0 Å². The van der Waals surface area contributed by atoms with E-state index in [2.05, 4.69) is 15.8 Å². The number of hydrazone groups is 1. The van der Waals surface area contributed by atoms with Crippen LogP contribution in [0.5, 0.6) is 11.5 Å². The van der Waals surface area contributed by atoms with E-state index >= 15 is 0 Å². The third kappa shape index (κ3) is 6.60. The van der Waals surface area contributed by atoms with E-state index in [0.717, 1.165) is 17.0 Å². The van der Waals surface area contributed by atoms with E-state index in [-0.39, 0.29) is 18.4 Å². The van der Waals surface area contributed by atoms with Crippen molar-refractivity contribution in [2.24, 2.45) is 5.10 Å². The Morgan fingerprint density at radius 3 is 2.25 bits per heavy atom. The maximum absolute atomic E-state index is 12.6. The largest absolute Gasteiger partial charge is 0.494 e. The number of anilines is 1. The number of rotatable bonds is 10. The molecule has 0 atom stereocenters. The Hall–Kier alpha value is -4.85. The van der Waals surface area contributed by atoms with Crippen LogP contribution in [0.4, 0.5) is 5.69 Å². The number of carbonyl (C=O) groups is 2. The summed E-state index contributed by atoms with van der Waals surface area (Å²) in [5, 5.41) is 6.84. The van der Waals surface area contributed by atoms with Gasteiger partial charge in [0, 0.05) is 18.1 Å². The minimum atomic E-state index is -0.311. The fraction of sp³-hybridized carbons (Fsp3) is 0.107. The van der Waals surface area contributed by atoms with Gasteiger partial charge < -0.3 is 19.4 Å². The van der Waals surface area contributed by atoms with E-state index < -0.39 is 0 Å². The number of amides is 2. The summed E-state index contributed by atoms with van der Waals surface area (Å²) in [6.45, 7) is 2.37. The van der Waals surface area contributed by atoms with E-state index in [1.807, 2.05) is 54.2 Å². The lowest BCUT2D eigenvalue weighted by Gasteiger charge is -2.09. The lowest BCUT2D eigenvalue weighted by atomic mass is 10.1. The van der Waals surface area contributed by atoms with Crippen LogP contribution in [0.2, 0.25) is 0 Å². The van der Waals surface area contributed by atoms with E-state index in [1.54, 1.807) is 60.8 Å². The van der Waals surface area contributed by atoms with Gasteiger partial charge in [-0.3, -0.25) is 9.59 Å². The molecule has 2 amide bonds. The highest BCUT2D eigenvalue weighted by molar-refractivity contribution is 5.98. The van der Waals surface area contributed by atoms with Gasteiger partial charge in [-0.1, -0.05) is 12.1 Å². The molecule has 1 heterocycles. The average molecular weight is 483 g/mol. The zero-order valence-electron chi connectivity index (χ0n) is 19.8. The van der Waals surface area contributed by atoms with Crippen LogP contribution in [0.1, 0.15) is 22.8 Å². The summed E-state index contributed by atoms with van der Waals surface area (Å²) in [5.41, 5.74) is 5.27. The average Bonchev–Trinajstić information content (AvgIpc) is 3.44. The number of hydrogen-bond acceptors (Lipinski definition) is 5. The maximum Gasteiger partial charge on any atom is 0.273 e. The fourth-order valence-corrected chi connectivity index (χ4v) is 3.41. The Labute approximate surface area is 209 Å². The Balaban J connectivity index is 1.26. The second kappa shape index (κ2) is 12.0. The summed E-state index contributed by atoms with van der Waals surface area (Å²) in [7, 11) is 0. The predicted octanol–water partition coefficient (Wildman–Crippen LogP) is 4.66. The molecule has 8 nitrogen and oxygen atoms in total. The number of benzene rings is 3. The molecule has 0 fully saturated rings. The molecule has 2 N–H and O–H groups in total. The van der Waals surface area contributed by atoms with E-state index in [0.29, 0.717) is 23.6 Å². The second-order valence-corrected chi connectivity index (χ2v) is 7.67. The first kappa shape index (κ1) is 24.3. The van der Waals surface area contributed by atoms with E-state index in [9.17, 15) is 9.59 Å². The SMILES string of the molecule is CCOc1ccc(NC(=O)COc2ccc(/C=N\NC(=O)c3ccccc3-n3cccc3)cc2)cc1. The van der Waals surface area contributed by atoms with Crippen LogP contribution in [0.25, 0.3) is 5.69 Å². The molecule has 1 aromatic heterocycles. The van der Waals surface area contributed by atoms with E-state index in [4.69, 9.17) is 9.47 Å². The summed E-state index contributed by atoms with van der Waals surface area (Å²) in [4.78, 5) is 24.8. The number of ether oxygens (including phenoxy) is 2. The smallest absolute Gasteiger partial charge is 0.273 e. The van der Waals surface area contributed by atoms with Gasteiger partial charge in [0.25, 0.3) is 11.8 Å². The van der Waals surface area contributed by atoms with Gasteiger partial charge in [0.2, 0.25) is 0 Å². The molecule has 0 spiro atoms. The Morgan fingerprint density at radius 2 is 1.53 bits per heavy atom. The number of para-hydroxylation sites is 1. The van der Waals surface area contributed by atoms with Crippen molar-refractivity contribution in [3.63, 3.8) is 0 Å². The lowest BCUT2D eigenvalue weighted by Crippen LogP contribution is -2.20. The quantitative estimate of drug-likeness (QED) is 0.254. The van der Waals surface area contributed by atoms with Gasteiger partial charge in [-0.05, 0) is 85.3 Å². The summed E-state index contributed by atoms with van der Waals surface area (Å²) < 4.78 is 12.8. The summed E-state index contributed by atoms with van der Waals surface area (Å²) in [6.07, 6.45) is 5.30. The number of carbonyl (C=O) groups excluding carboxylic acids is 2. The highest BCUT2D eigenvalue weighted by atomic mass is 16.5. The van der Waals surface area contributed by atoms with Crippen molar-refractivity contribution >= 4 is 23.7 Å². The molecule has 4 aromatic rings. The minimum Gasteiger partial charge on any atom is -0.494 e. The zero-order chi connectivity index (χ0) is 25.2. The summed E-state index contributed by atoms with van der Waals surface area (Å²) in [6, 6.07) is 25.3. The number of nitrogens with zero attached hydrogens (tertiary/aromatic N) is 2. The molecule has 0 aliphatic rings.